The number of rotatable bonds is 7. The standard InChI is InChI=1S/C13H20N2O3.ClH/c1-14-9-13(17)15-12(7-8-16)10-3-5-11(18-2)6-4-10;/h3-6,12,14,16H,7-9H2,1-2H3,(H,15,17);1H. The van der Waals surface area contributed by atoms with E-state index in [-0.39, 0.29) is 37.5 Å². The van der Waals surface area contributed by atoms with E-state index in [9.17, 15) is 4.79 Å². The Bertz CT molecular complexity index is 371. The minimum absolute atomic E-state index is 0. The third kappa shape index (κ3) is 5.92. The van der Waals surface area contributed by atoms with Gasteiger partial charge in [0.1, 0.15) is 5.75 Å². The van der Waals surface area contributed by atoms with Crippen LogP contribution < -0.4 is 15.4 Å². The number of hydrogen-bond donors (Lipinski definition) is 3. The van der Waals surface area contributed by atoms with Crippen molar-refractivity contribution in [3.05, 3.63) is 29.8 Å². The van der Waals surface area contributed by atoms with Gasteiger partial charge in [0.2, 0.25) is 5.91 Å². The van der Waals surface area contributed by atoms with Crippen LogP contribution in [0.2, 0.25) is 0 Å². The van der Waals surface area contributed by atoms with Crippen molar-refractivity contribution in [2.45, 2.75) is 12.5 Å². The fourth-order valence-electron chi connectivity index (χ4n) is 1.69. The largest absolute Gasteiger partial charge is 0.497 e. The van der Waals surface area contributed by atoms with E-state index in [2.05, 4.69) is 10.6 Å². The van der Waals surface area contributed by atoms with Crippen molar-refractivity contribution < 1.29 is 14.6 Å². The van der Waals surface area contributed by atoms with Crippen LogP contribution >= 0.6 is 12.4 Å². The molecule has 0 heterocycles. The molecule has 1 aromatic rings. The zero-order valence-electron chi connectivity index (χ0n) is 11.2. The third-order valence-electron chi connectivity index (χ3n) is 2.61. The third-order valence-corrected chi connectivity index (χ3v) is 2.61. The normalized spacial score (nSPS) is 11.3. The van der Waals surface area contributed by atoms with E-state index in [4.69, 9.17) is 9.84 Å². The van der Waals surface area contributed by atoms with Crippen molar-refractivity contribution >= 4 is 18.3 Å². The first-order valence-electron chi connectivity index (χ1n) is 5.90. The molecule has 0 aliphatic rings. The molecule has 1 unspecified atom stereocenters. The summed E-state index contributed by atoms with van der Waals surface area (Å²) in [5.74, 6) is 0.676. The van der Waals surface area contributed by atoms with Crippen molar-refractivity contribution in [2.24, 2.45) is 0 Å². The van der Waals surface area contributed by atoms with Gasteiger partial charge in [-0.1, -0.05) is 12.1 Å². The van der Waals surface area contributed by atoms with Gasteiger partial charge in [-0.3, -0.25) is 4.79 Å². The SMILES string of the molecule is CNCC(=O)NC(CCO)c1ccc(OC)cc1.Cl. The lowest BCUT2D eigenvalue weighted by Crippen LogP contribution is -2.35. The van der Waals surface area contributed by atoms with Gasteiger partial charge >= 0.3 is 0 Å². The molecule has 0 radical (unpaired) electrons. The number of halogens is 1. The molecule has 0 aliphatic carbocycles. The average molecular weight is 289 g/mol. The number of carbonyl (C=O) groups is 1. The van der Waals surface area contributed by atoms with Crippen LogP contribution in [0.3, 0.4) is 0 Å². The molecule has 5 nitrogen and oxygen atoms in total. The zero-order chi connectivity index (χ0) is 13.4. The number of carbonyl (C=O) groups excluding carboxylic acids is 1. The van der Waals surface area contributed by atoms with Crippen LogP contribution in [0.4, 0.5) is 0 Å². The van der Waals surface area contributed by atoms with Crippen LogP contribution in [0.15, 0.2) is 24.3 Å². The van der Waals surface area contributed by atoms with E-state index in [1.54, 1.807) is 14.2 Å². The Hall–Kier alpha value is -1.30. The molecule has 0 saturated carbocycles. The van der Waals surface area contributed by atoms with Crippen LogP contribution in [-0.4, -0.2) is 38.3 Å². The van der Waals surface area contributed by atoms with E-state index >= 15 is 0 Å². The number of benzene rings is 1. The summed E-state index contributed by atoms with van der Waals surface area (Å²) in [4.78, 5) is 11.5. The number of amides is 1. The molecule has 3 N–H and O–H groups in total. The summed E-state index contributed by atoms with van der Waals surface area (Å²) >= 11 is 0. The summed E-state index contributed by atoms with van der Waals surface area (Å²) in [6.45, 7) is 0.286. The molecule has 0 bridgehead atoms. The first-order valence-corrected chi connectivity index (χ1v) is 5.90. The fourth-order valence-corrected chi connectivity index (χ4v) is 1.69. The Morgan fingerprint density at radius 3 is 2.47 bits per heavy atom. The summed E-state index contributed by atoms with van der Waals surface area (Å²) in [6, 6.07) is 7.27. The van der Waals surface area contributed by atoms with Crippen LogP contribution in [0.1, 0.15) is 18.0 Å². The Kier molecular flexibility index (Phi) is 8.95. The van der Waals surface area contributed by atoms with E-state index in [1.165, 1.54) is 0 Å². The predicted molar refractivity (Wildman–Crippen MR) is 76.8 cm³/mol. The highest BCUT2D eigenvalue weighted by Gasteiger charge is 2.13. The number of aliphatic hydroxyl groups excluding tert-OH is 1. The smallest absolute Gasteiger partial charge is 0.234 e. The van der Waals surface area contributed by atoms with Gasteiger partial charge in [0, 0.05) is 6.61 Å². The van der Waals surface area contributed by atoms with E-state index in [0.29, 0.717) is 6.42 Å². The molecule has 0 spiro atoms. The predicted octanol–water partition coefficient (Wildman–Crippen LogP) is 0.876. The zero-order valence-corrected chi connectivity index (χ0v) is 12.0. The van der Waals surface area contributed by atoms with Crippen molar-refractivity contribution in [3.63, 3.8) is 0 Å². The number of nitrogens with one attached hydrogen (secondary N) is 2. The minimum Gasteiger partial charge on any atom is -0.497 e. The second kappa shape index (κ2) is 9.61. The van der Waals surface area contributed by atoms with Crippen LogP contribution in [0.25, 0.3) is 0 Å². The monoisotopic (exact) mass is 288 g/mol. The van der Waals surface area contributed by atoms with Gasteiger partial charge in [0.15, 0.2) is 0 Å². The van der Waals surface area contributed by atoms with Crippen molar-refractivity contribution in [1.82, 2.24) is 10.6 Å². The number of likely N-dealkylation sites (N-methyl/N-ethyl adjacent to an activating group) is 1. The molecule has 0 aromatic heterocycles. The summed E-state index contributed by atoms with van der Waals surface area (Å²) in [5.41, 5.74) is 0.953. The van der Waals surface area contributed by atoms with Crippen molar-refractivity contribution in [1.29, 1.82) is 0 Å². The maximum atomic E-state index is 11.5. The van der Waals surface area contributed by atoms with Gasteiger partial charge in [-0.05, 0) is 31.2 Å². The summed E-state index contributed by atoms with van der Waals surface area (Å²) < 4.78 is 5.08. The Labute approximate surface area is 119 Å². The lowest BCUT2D eigenvalue weighted by Gasteiger charge is -2.18. The summed E-state index contributed by atoms with van der Waals surface area (Å²) in [5, 5.41) is 14.7. The topological polar surface area (TPSA) is 70.6 Å². The summed E-state index contributed by atoms with van der Waals surface area (Å²) in [6.07, 6.45) is 0.488. The molecule has 0 fully saturated rings. The number of aliphatic hydroxyl groups is 1. The minimum atomic E-state index is -0.179. The second-order valence-electron chi connectivity index (χ2n) is 3.94. The molecular formula is C13H21ClN2O3. The highest BCUT2D eigenvalue weighted by Crippen LogP contribution is 2.19. The van der Waals surface area contributed by atoms with Crippen molar-refractivity contribution in [2.75, 3.05) is 27.3 Å². The Morgan fingerprint density at radius 2 is 2.00 bits per heavy atom. The first-order chi connectivity index (χ1) is 8.71. The summed E-state index contributed by atoms with van der Waals surface area (Å²) in [7, 11) is 3.32. The molecule has 19 heavy (non-hydrogen) atoms. The fraction of sp³-hybridized carbons (Fsp3) is 0.462. The van der Waals surface area contributed by atoms with Crippen molar-refractivity contribution in [3.8, 4) is 5.75 Å². The van der Waals surface area contributed by atoms with Gasteiger partial charge in [0.25, 0.3) is 0 Å². The average Bonchev–Trinajstić information content (AvgIpc) is 2.39. The molecule has 1 rings (SSSR count). The van der Waals surface area contributed by atoms with E-state index in [1.807, 2.05) is 24.3 Å². The van der Waals surface area contributed by atoms with Gasteiger partial charge < -0.3 is 20.5 Å². The molecular weight excluding hydrogens is 268 g/mol. The quantitative estimate of drug-likeness (QED) is 0.696. The maximum absolute atomic E-state index is 11.5. The molecule has 108 valence electrons. The van der Waals surface area contributed by atoms with Crippen LogP contribution in [0, 0.1) is 0 Å². The van der Waals surface area contributed by atoms with Gasteiger partial charge in [-0.2, -0.15) is 0 Å². The van der Waals surface area contributed by atoms with Crippen LogP contribution in [0.5, 0.6) is 5.75 Å². The molecule has 6 heteroatoms. The van der Waals surface area contributed by atoms with Gasteiger partial charge in [0.05, 0.1) is 19.7 Å². The second-order valence-corrected chi connectivity index (χ2v) is 3.94. The molecule has 1 atom stereocenters. The number of methoxy groups -OCH3 is 1. The molecule has 0 aliphatic heterocycles. The highest BCUT2D eigenvalue weighted by molar-refractivity contribution is 5.85. The van der Waals surface area contributed by atoms with Crippen LogP contribution in [-0.2, 0) is 4.79 Å². The molecule has 1 amide bonds. The maximum Gasteiger partial charge on any atom is 0.234 e. The lowest BCUT2D eigenvalue weighted by molar-refractivity contribution is -0.121. The lowest BCUT2D eigenvalue weighted by atomic mass is 10.0. The van der Waals surface area contributed by atoms with Gasteiger partial charge in [-0.15, -0.1) is 12.4 Å². The van der Waals surface area contributed by atoms with E-state index < -0.39 is 0 Å². The van der Waals surface area contributed by atoms with E-state index in [0.717, 1.165) is 11.3 Å². The molecule has 0 saturated heterocycles. The Morgan fingerprint density at radius 1 is 1.37 bits per heavy atom. The molecule has 1 aromatic carbocycles. The van der Waals surface area contributed by atoms with Gasteiger partial charge in [-0.25, -0.2) is 0 Å². The highest BCUT2D eigenvalue weighted by atomic mass is 35.5. The first kappa shape index (κ1) is 17.7. The number of hydrogen-bond acceptors (Lipinski definition) is 4. The number of ether oxygens (including phenoxy) is 1. The Balaban J connectivity index is 0.00000324.